The van der Waals surface area contributed by atoms with Crippen LogP contribution in [0.5, 0.6) is 5.75 Å². The highest BCUT2D eigenvalue weighted by Crippen LogP contribution is 2.12. The van der Waals surface area contributed by atoms with Gasteiger partial charge in [0.25, 0.3) is 0 Å². The summed E-state index contributed by atoms with van der Waals surface area (Å²) in [6.45, 7) is 4.07. The lowest BCUT2D eigenvalue weighted by Crippen LogP contribution is -2.31. The Balaban J connectivity index is 1.53. The number of hydrogen-bond donors (Lipinski definition) is 1. The van der Waals surface area contributed by atoms with E-state index in [4.69, 9.17) is 9.47 Å². The molecule has 4 nitrogen and oxygen atoms in total. The van der Waals surface area contributed by atoms with Gasteiger partial charge in [-0.15, -0.1) is 0 Å². The number of rotatable bonds is 7. The van der Waals surface area contributed by atoms with Crippen LogP contribution in [0.3, 0.4) is 0 Å². The maximum atomic E-state index is 11.6. The van der Waals surface area contributed by atoms with Crippen molar-refractivity contribution in [1.29, 1.82) is 0 Å². The van der Waals surface area contributed by atoms with E-state index < -0.39 is 0 Å². The molecule has 0 aromatic heterocycles. The fourth-order valence-corrected chi connectivity index (χ4v) is 2.18. The number of carbonyl (C=O) groups excluding carboxylic acids is 1. The van der Waals surface area contributed by atoms with Crippen molar-refractivity contribution in [3.63, 3.8) is 0 Å². The van der Waals surface area contributed by atoms with Crippen molar-refractivity contribution in [1.82, 2.24) is 5.32 Å². The van der Waals surface area contributed by atoms with Crippen molar-refractivity contribution in [2.24, 2.45) is 0 Å². The van der Waals surface area contributed by atoms with Crippen LogP contribution < -0.4 is 10.1 Å². The summed E-state index contributed by atoms with van der Waals surface area (Å²) >= 11 is 0. The van der Waals surface area contributed by atoms with Crippen molar-refractivity contribution in [3.8, 4) is 5.75 Å². The fraction of sp³-hybridized carbons (Fsp3) is 0.562. The average molecular weight is 277 g/mol. The highest BCUT2D eigenvalue weighted by atomic mass is 16.5. The third kappa shape index (κ3) is 5.21. The van der Waals surface area contributed by atoms with Gasteiger partial charge in [0.15, 0.2) is 0 Å². The van der Waals surface area contributed by atoms with Crippen molar-refractivity contribution in [2.45, 2.75) is 38.7 Å². The minimum Gasteiger partial charge on any atom is -0.494 e. The molecule has 1 atom stereocenters. The van der Waals surface area contributed by atoms with Crippen LogP contribution in [0.4, 0.5) is 0 Å². The van der Waals surface area contributed by atoms with Crippen LogP contribution in [0.25, 0.3) is 0 Å². The molecule has 0 saturated carbocycles. The second kappa shape index (κ2) is 7.90. The second-order valence-corrected chi connectivity index (χ2v) is 5.20. The molecule has 0 unspecified atom stereocenters. The Morgan fingerprint density at radius 3 is 2.90 bits per heavy atom. The molecule has 1 aliphatic rings. The van der Waals surface area contributed by atoms with Crippen LogP contribution in [0, 0.1) is 6.92 Å². The monoisotopic (exact) mass is 277 g/mol. The lowest BCUT2D eigenvalue weighted by molar-refractivity contribution is -0.121. The summed E-state index contributed by atoms with van der Waals surface area (Å²) in [7, 11) is 0. The Morgan fingerprint density at radius 1 is 1.40 bits per heavy atom. The number of benzene rings is 1. The molecular formula is C16H23NO3. The molecular weight excluding hydrogens is 254 g/mol. The number of carbonyl (C=O) groups is 1. The van der Waals surface area contributed by atoms with Crippen molar-refractivity contribution < 1.29 is 14.3 Å². The topological polar surface area (TPSA) is 47.6 Å². The van der Waals surface area contributed by atoms with Gasteiger partial charge in [0.2, 0.25) is 5.91 Å². The molecule has 110 valence electrons. The van der Waals surface area contributed by atoms with Crippen molar-refractivity contribution in [3.05, 3.63) is 29.8 Å². The molecule has 1 saturated heterocycles. The Bertz CT molecular complexity index is 410. The van der Waals surface area contributed by atoms with Gasteiger partial charge < -0.3 is 14.8 Å². The van der Waals surface area contributed by atoms with Crippen LogP contribution in [-0.4, -0.2) is 31.8 Å². The molecule has 2 rings (SSSR count). The average Bonchev–Trinajstić information content (AvgIpc) is 2.96. The largest absolute Gasteiger partial charge is 0.494 e. The van der Waals surface area contributed by atoms with E-state index in [1.54, 1.807) is 0 Å². The molecule has 0 radical (unpaired) electrons. The summed E-state index contributed by atoms with van der Waals surface area (Å²) in [5, 5.41) is 2.91. The lowest BCUT2D eigenvalue weighted by Gasteiger charge is -2.11. The summed E-state index contributed by atoms with van der Waals surface area (Å²) in [6.07, 6.45) is 3.59. The van der Waals surface area contributed by atoms with E-state index in [1.807, 2.05) is 31.2 Å². The highest BCUT2D eigenvalue weighted by Gasteiger charge is 2.15. The maximum absolute atomic E-state index is 11.6. The summed E-state index contributed by atoms with van der Waals surface area (Å²) in [5.41, 5.74) is 1.21. The molecule has 1 amide bonds. The van der Waals surface area contributed by atoms with Gasteiger partial charge in [-0.3, -0.25) is 4.79 Å². The number of nitrogens with one attached hydrogen (secondary N) is 1. The molecule has 0 bridgehead atoms. The second-order valence-electron chi connectivity index (χ2n) is 5.20. The summed E-state index contributed by atoms with van der Waals surface area (Å²) in [6, 6.07) is 7.94. The van der Waals surface area contributed by atoms with Gasteiger partial charge in [0.05, 0.1) is 12.7 Å². The molecule has 1 aliphatic heterocycles. The van der Waals surface area contributed by atoms with Crippen LogP contribution >= 0.6 is 0 Å². The summed E-state index contributed by atoms with van der Waals surface area (Å²) in [4.78, 5) is 11.6. The maximum Gasteiger partial charge on any atom is 0.220 e. The normalized spacial score (nSPS) is 17.9. The molecule has 0 aliphatic carbocycles. The molecule has 4 heteroatoms. The number of aryl methyl sites for hydroxylation is 1. The van der Waals surface area contributed by atoms with E-state index in [0.29, 0.717) is 19.6 Å². The molecule has 20 heavy (non-hydrogen) atoms. The van der Waals surface area contributed by atoms with Gasteiger partial charge in [-0.1, -0.05) is 17.7 Å². The first-order chi connectivity index (χ1) is 9.74. The number of amides is 1. The van der Waals surface area contributed by atoms with Gasteiger partial charge in [-0.25, -0.2) is 0 Å². The molecule has 1 fully saturated rings. The molecule has 0 spiro atoms. The van der Waals surface area contributed by atoms with Crippen LogP contribution in [-0.2, 0) is 9.53 Å². The number of hydrogen-bond acceptors (Lipinski definition) is 3. The Kier molecular flexibility index (Phi) is 5.87. The zero-order valence-electron chi connectivity index (χ0n) is 12.1. The lowest BCUT2D eigenvalue weighted by atomic mass is 10.2. The quantitative estimate of drug-likeness (QED) is 0.779. The third-order valence-corrected chi connectivity index (χ3v) is 3.39. The Morgan fingerprint density at radius 2 is 2.20 bits per heavy atom. The van der Waals surface area contributed by atoms with Gasteiger partial charge in [0.1, 0.15) is 5.75 Å². The summed E-state index contributed by atoms with van der Waals surface area (Å²) in [5.74, 6) is 0.934. The Hall–Kier alpha value is -1.55. The van der Waals surface area contributed by atoms with E-state index in [1.165, 1.54) is 5.56 Å². The smallest absolute Gasteiger partial charge is 0.220 e. The minimum atomic E-state index is 0.0769. The van der Waals surface area contributed by atoms with Gasteiger partial charge >= 0.3 is 0 Å². The predicted octanol–water partition coefficient (Wildman–Crippen LogP) is 2.45. The van der Waals surface area contributed by atoms with E-state index in [2.05, 4.69) is 5.32 Å². The van der Waals surface area contributed by atoms with E-state index >= 15 is 0 Å². The van der Waals surface area contributed by atoms with Crippen molar-refractivity contribution >= 4 is 5.91 Å². The summed E-state index contributed by atoms with van der Waals surface area (Å²) < 4.78 is 11.0. The standard InChI is InChI=1S/C16H23NO3/c1-13-6-8-14(9-7-13)19-11-3-5-16(18)17-12-15-4-2-10-20-15/h6-9,15H,2-5,10-12H2,1H3,(H,17,18)/t15-/m1/s1. The predicted molar refractivity (Wildman–Crippen MR) is 77.9 cm³/mol. The van der Waals surface area contributed by atoms with Crippen molar-refractivity contribution in [2.75, 3.05) is 19.8 Å². The SMILES string of the molecule is Cc1ccc(OCCCC(=O)NC[C@H]2CCCO2)cc1. The van der Waals surface area contributed by atoms with E-state index in [0.717, 1.165) is 31.6 Å². The molecule has 1 aromatic carbocycles. The first-order valence-electron chi connectivity index (χ1n) is 7.32. The molecule has 1 N–H and O–H groups in total. The first kappa shape index (κ1) is 14.9. The highest BCUT2D eigenvalue weighted by molar-refractivity contribution is 5.75. The van der Waals surface area contributed by atoms with Crippen LogP contribution in [0.15, 0.2) is 24.3 Å². The minimum absolute atomic E-state index is 0.0769. The molecule has 1 heterocycles. The zero-order valence-corrected chi connectivity index (χ0v) is 12.1. The first-order valence-corrected chi connectivity index (χ1v) is 7.32. The fourth-order valence-electron chi connectivity index (χ4n) is 2.18. The number of ether oxygens (including phenoxy) is 2. The zero-order chi connectivity index (χ0) is 14.2. The van der Waals surface area contributed by atoms with Crippen LogP contribution in [0.1, 0.15) is 31.2 Å². The van der Waals surface area contributed by atoms with Gasteiger partial charge in [0, 0.05) is 19.6 Å². The van der Waals surface area contributed by atoms with E-state index in [9.17, 15) is 4.79 Å². The Labute approximate surface area is 120 Å². The van der Waals surface area contributed by atoms with Crippen LogP contribution in [0.2, 0.25) is 0 Å². The molecule has 1 aromatic rings. The van der Waals surface area contributed by atoms with Gasteiger partial charge in [-0.2, -0.15) is 0 Å². The van der Waals surface area contributed by atoms with Gasteiger partial charge in [-0.05, 0) is 38.3 Å². The van der Waals surface area contributed by atoms with E-state index in [-0.39, 0.29) is 12.0 Å². The third-order valence-electron chi connectivity index (χ3n) is 3.39.